The Hall–Kier alpha value is -0.950. The Morgan fingerprint density at radius 3 is 2.46 bits per heavy atom. The van der Waals surface area contributed by atoms with Crippen LogP contribution in [0, 0.1) is 0 Å². The molecule has 1 aliphatic rings. The van der Waals surface area contributed by atoms with Gasteiger partial charge in [0.25, 0.3) is 0 Å². The van der Waals surface area contributed by atoms with Crippen LogP contribution < -0.4 is 10.6 Å². The maximum absolute atomic E-state index is 10.9. The minimum absolute atomic E-state index is 0.343. The van der Waals surface area contributed by atoms with E-state index >= 15 is 0 Å². The topological polar surface area (TPSA) is 82.9 Å². The summed E-state index contributed by atoms with van der Waals surface area (Å²) in [6, 6.07) is 0. The molecule has 13 heavy (non-hydrogen) atoms. The van der Waals surface area contributed by atoms with Crippen molar-refractivity contribution in [3.63, 3.8) is 0 Å². The Bertz CT molecular complexity index is 344. The van der Waals surface area contributed by atoms with E-state index in [0.717, 1.165) is 6.54 Å². The first-order chi connectivity index (χ1) is 6.05. The van der Waals surface area contributed by atoms with Crippen molar-refractivity contribution < 1.29 is 8.42 Å². The lowest BCUT2D eigenvalue weighted by Crippen LogP contribution is -2.33. The Morgan fingerprint density at radius 2 is 2.00 bits per heavy atom. The SMILES string of the molecule is CNCCNC1=NS(=O)(=O)N=C1C. The van der Waals surface area contributed by atoms with Crippen molar-refractivity contribution in [3.05, 3.63) is 0 Å². The first kappa shape index (κ1) is 10.1. The minimum atomic E-state index is -3.59. The Kier molecular flexibility index (Phi) is 2.99. The van der Waals surface area contributed by atoms with Crippen LogP contribution in [0.25, 0.3) is 0 Å². The standard InChI is InChI=1S/C6H12N4O2S/c1-5-6(8-4-3-7-2)10-13(11,12)9-5/h7H,3-4H2,1-2H3,(H,8,10). The number of amidine groups is 1. The number of hydrogen-bond acceptors (Lipinski definition) is 4. The van der Waals surface area contributed by atoms with Crippen molar-refractivity contribution in [1.29, 1.82) is 0 Å². The van der Waals surface area contributed by atoms with Crippen LogP contribution >= 0.6 is 0 Å². The summed E-state index contributed by atoms with van der Waals surface area (Å²) in [4.78, 5) is 0. The highest BCUT2D eigenvalue weighted by Gasteiger charge is 2.19. The number of likely N-dealkylation sites (N-methyl/N-ethyl adjacent to an activating group) is 1. The van der Waals surface area contributed by atoms with E-state index in [1.54, 1.807) is 6.92 Å². The quantitative estimate of drug-likeness (QED) is 0.572. The zero-order valence-corrected chi connectivity index (χ0v) is 8.35. The van der Waals surface area contributed by atoms with Crippen molar-refractivity contribution in [1.82, 2.24) is 10.6 Å². The first-order valence-electron chi connectivity index (χ1n) is 3.85. The van der Waals surface area contributed by atoms with Crippen LogP contribution in [0.5, 0.6) is 0 Å². The largest absolute Gasteiger partial charge is 0.367 e. The van der Waals surface area contributed by atoms with Crippen LogP contribution in [0.2, 0.25) is 0 Å². The summed E-state index contributed by atoms with van der Waals surface area (Å²) >= 11 is 0. The van der Waals surface area contributed by atoms with Gasteiger partial charge in [-0.05, 0) is 14.0 Å². The maximum atomic E-state index is 10.9. The fourth-order valence-corrected chi connectivity index (χ4v) is 1.78. The van der Waals surface area contributed by atoms with Crippen LogP contribution in [0.1, 0.15) is 6.92 Å². The molecule has 0 saturated carbocycles. The van der Waals surface area contributed by atoms with Gasteiger partial charge in [-0.25, -0.2) is 0 Å². The highest BCUT2D eigenvalue weighted by atomic mass is 32.2. The number of rotatable bonds is 3. The van der Waals surface area contributed by atoms with E-state index in [1.807, 2.05) is 7.05 Å². The van der Waals surface area contributed by atoms with E-state index < -0.39 is 10.2 Å². The van der Waals surface area contributed by atoms with Gasteiger partial charge in [-0.15, -0.1) is 8.80 Å². The molecule has 1 heterocycles. The van der Waals surface area contributed by atoms with Gasteiger partial charge in [-0.3, -0.25) is 0 Å². The van der Waals surface area contributed by atoms with Crippen LogP contribution in [-0.2, 0) is 10.2 Å². The molecule has 6 nitrogen and oxygen atoms in total. The normalized spacial score (nSPS) is 19.5. The average molecular weight is 204 g/mol. The van der Waals surface area contributed by atoms with Gasteiger partial charge in [0.15, 0.2) is 5.84 Å². The second kappa shape index (κ2) is 3.84. The minimum Gasteiger partial charge on any atom is -0.367 e. The van der Waals surface area contributed by atoms with Gasteiger partial charge < -0.3 is 10.6 Å². The Morgan fingerprint density at radius 1 is 1.31 bits per heavy atom. The molecule has 0 aromatic carbocycles. The Labute approximate surface area is 77.3 Å². The third kappa shape index (κ3) is 2.78. The van der Waals surface area contributed by atoms with Gasteiger partial charge in [0.05, 0.1) is 5.71 Å². The molecule has 0 amide bonds. The zero-order valence-electron chi connectivity index (χ0n) is 7.53. The fraction of sp³-hybridized carbons (Fsp3) is 0.667. The number of hydrogen-bond donors (Lipinski definition) is 2. The van der Waals surface area contributed by atoms with E-state index in [0.29, 0.717) is 18.1 Å². The molecule has 1 rings (SSSR count). The molecule has 0 radical (unpaired) electrons. The molecule has 0 aromatic heterocycles. The fourth-order valence-electron chi connectivity index (χ4n) is 0.884. The summed E-state index contributed by atoms with van der Waals surface area (Å²) in [5.41, 5.74) is 0.413. The van der Waals surface area contributed by atoms with Gasteiger partial charge >= 0.3 is 10.2 Å². The van der Waals surface area contributed by atoms with Gasteiger partial charge in [0.2, 0.25) is 0 Å². The van der Waals surface area contributed by atoms with Crippen molar-refractivity contribution in [3.8, 4) is 0 Å². The lowest BCUT2D eigenvalue weighted by molar-refractivity contribution is 0.600. The van der Waals surface area contributed by atoms with Crippen molar-refractivity contribution in [2.45, 2.75) is 6.92 Å². The summed E-state index contributed by atoms with van der Waals surface area (Å²) in [6.45, 7) is 2.97. The van der Waals surface area contributed by atoms with E-state index in [-0.39, 0.29) is 0 Å². The highest BCUT2D eigenvalue weighted by molar-refractivity contribution is 7.89. The zero-order chi connectivity index (χ0) is 9.90. The molecule has 0 bridgehead atoms. The summed E-state index contributed by atoms with van der Waals surface area (Å²) in [5, 5.41) is 5.79. The van der Waals surface area contributed by atoms with E-state index in [4.69, 9.17) is 0 Å². The molecule has 0 spiro atoms. The molecule has 0 saturated heterocycles. The molecule has 0 unspecified atom stereocenters. The maximum Gasteiger partial charge on any atom is 0.365 e. The lowest BCUT2D eigenvalue weighted by atomic mass is 10.4. The third-order valence-corrected chi connectivity index (χ3v) is 2.39. The average Bonchev–Trinajstić information content (AvgIpc) is 2.25. The van der Waals surface area contributed by atoms with Crippen LogP contribution in [0.15, 0.2) is 8.80 Å². The van der Waals surface area contributed by atoms with Gasteiger partial charge in [0.1, 0.15) is 0 Å². The van der Waals surface area contributed by atoms with Gasteiger partial charge in [0, 0.05) is 13.1 Å². The summed E-state index contributed by atoms with van der Waals surface area (Å²) < 4.78 is 28.5. The van der Waals surface area contributed by atoms with E-state index in [2.05, 4.69) is 19.4 Å². The number of nitrogens with one attached hydrogen (secondary N) is 2. The van der Waals surface area contributed by atoms with E-state index in [1.165, 1.54) is 0 Å². The molecule has 7 heteroatoms. The van der Waals surface area contributed by atoms with E-state index in [9.17, 15) is 8.42 Å². The molecule has 0 atom stereocenters. The summed E-state index contributed by atoms with van der Waals surface area (Å²) in [5.74, 6) is 0.343. The predicted molar refractivity (Wildman–Crippen MR) is 51.4 cm³/mol. The monoisotopic (exact) mass is 204 g/mol. The Balaban J connectivity index is 2.59. The van der Waals surface area contributed by atoms with Gasteiger partial charge in [-0.1, -0.05) is 0 Å². The first-order valence-corrected chi connectivity index (χ1v) is 5.25. The summed E-state index contributed by atoms with van der Waals surface area (Å²) in [6.07, 6.45) is 0. The molecule has 0 fully saturated rings. The smallest absolute Gasteiger partial charge is 0.365 e. The van der Waals surface area contributed by atoms with Gasteiger partial charge in [-0.2, -0.15) is 8.42 Å². The van der Waals surface area contributed by atoms with Crippen molar-refractivity contribution in [2.75, 3.05) is 20.1 Å². The molecular weight excluding hydrogens is 192 g/mol. The number of nitrogens with zero attached hydrogens (tertiary/aromatic N) is 2. The second-order valence-corrected chi connectivity index (χ2v) is 3.86. The molecule has 74 valence electrons. The van der Waals surface area contributed by atoms with Crippen LogP contribution in [0.3, 0.4) is 0 Å². The van der Waals surface area contributed by atoms with Crippen LogP contribution in [-0.4, -0.2) is 40.1 Å². The lowest BCUT2D eigenvalue weighted by Gasteiger charge is -2.03. The molecule has 0 aromatic rings. The molecule has 2 N–H and O–H groups in total. The third-order valence-electron chi connectivity index (χ3n) is 1.47. The second-order valence-electron chi connectivity index (χ2n) is 2.59. The molecule has 0 aliphatic carbocycles. The van der Waals surface area contributed by atoms with Crippen molar-refractivity contribution in [2.24, 2.45) is 8.80 Å². The highest BCUT2D eigenvalue weighted by Crippen LogP contribution is 2.04. The summed E-state index contributed by atoms with van der Waals surface area (Å²) in [7, 11) is -1.77. The van der Waals surface area contributed by atoms with Crippen LogP contribution in [0.4, 0.5) is 0 Å². The molecular formula is C6H12N4O2S. The predicted octanol–water partition coefficient (Wildman–Crippen LogP) is -1.09. The van der Waals surface area contributed by atoms with Crippen molar-refractivity contribution >= 4 is 21.8 Å². The molecule has 1 aliphatic heterocycles.